The highest BCUT2D eigenvalue weighted by Crippen LogP contribution is 2.37. The molecule has 0 saturated heterocycles. The molecule has 2 aromatic carbocycles. The molecule has 0 bridgehead atoms. The minimum Gasteiger partial charge on any atom is -0.398 e. The maximum Gasteiger partial charge on any atom is 0.416 e. The first-order valence-corrected chi connectivity index (χ1v) is 6.68. The highest BCUT2D eigenvalue weighted by Gasteiger charge is 2.32. The van der Waals surface area contributed by atoms with Crippen molar-refractivity contribution in [1.82, 2.24) is 0 Å². The van der Waals surface area contributed by atoms with E-state index in [0.717, 1.165) is 12.1 Å². The van der Waals surface area contributed by atoms with Crippen molar-refractivity contribution in [2.75, 3.05) is 12.3 Å². The maximum absolute atomic E-state index is 13.0. The third kappa shape index (κ3) is 3.40. The van der Waals surface area contributed by atoms with Crippen LogP contribution in [0.15, 0.2) is 42.5 Å². The zero-order valence-corrected chi connectivity index (χ0v) is 11.6. The minimum atomic E-state index is -4.55. The van der Waals surface area contributed by atoms with Gasteiger partial charge in [-0.05, 0) is 29.7 Å². The molecule has 0 amide bonds. The number of anilines is 1. The fourth-order valence-electron chi connectivity index (χ4n) is 2.27. The number of nitrogen functional groups attached to an aromatic ring is 1. The number of nitrogens with two attached hydrogens (primary N) is 1. The van der Waals surface area contributed by atoms with E-state index in [2.05, 4.69) is 0 Å². The SMILES string of the molecule is Nc1c(CCO)cc(C(F)(F)F)cc1C(O)c1ccccc1. The van der Waals surface area contributed by atoms with E-state index in [9.17, 15) is 18.3 Å². The Labute approximate surface area is 125 Å². The van der Waals surface area contributed by atoms with Gasteiger partial charge >= 0.3 is 6.18 Å². The average molecular weight is 311 g/mol. The van der Waals surface area contributed by atoms with Gasteiger partial charge in [-0.25, -0.2) is 0 Å². The summed E-state index contributed by atoms with van der Waals surface area (Å²) in [5.41, 5.74) is 5.66. The minimum absolute atomic E-state index is 0.00966. The van der Waals surface area contributed by atoms with E-state index < -0.39 is 17.8 Å². The highest BCUT2D eigenvalue weighted by molar-refractivity contribution is 5.58. The van der Waals surface area contributed by atoms with Crippen molar-refractivity contribution in [1.29, 1.82) is 0 Å². The molecule has 0 heterocycles. The number of hydrogen-bond donors (Lipinski definition) is 3. The molecule has 0 spiro atoms. The van der Waals surface area contributed by atoms with Gasteiger partial charge in [-0.3, -0.25) is 0 Å². The Morgan fingerprint density at radius 3 is 2.27 bits per heavy atom. The lowest BCUT2D eigenvalue weighted by Gasteiger charge is -2.19. The van der Waals surface area contributed by atoms with E-state index in [1.54, 1.807) is 30.3 Å². The number of benzene rings is 2. The van der Waals surface area contributed by atoms with Gasteiger partial charge in [0.15, 0.2) is 0 Å². The molecule has 4 N–H and O–H groups in total. The van der Waals surface area contributed by atoms with Gasteiger partial charge in [0.2, 0.25) is 0 Å². The number of aliphatic hydroxyl groups is 2. The van der Waals surface area contributed by atoms with E-state index in [1.165, 1.54) is 0 Å². The summed E-state index contributed by atoms with van der Waals surface area (Å²) in [6.45, 7) is -0.327. The van der Waals surface area contributed by atoms with Crippen LogP contribution in [0.2, 0.25) is 0 Å². The molecule has 0 aliphatic rings. The van der Waals surface area contributed by atoms with E-state index in [-0.39, 0.29) is 29.8 Å². The molecular formula is C16H16F3NO2. The lowest BCUT2D eigenvalue weighted by atomic mass is 9.94. The number of rotatable bonds is 4. The summed E-state index contributed by atoms with van der Waals surface area (Å²) in [6, 6.07) is 10.1. The van der Waals surface area contributed by atoms with Crippen molar-refractivity contribution in [3.63, 3.8) is 0 Å². The maximum atomic E-state index is 13.0. The zero-order chi connectivity index (χ0) is 16.3. The van der Waals surface area contributed by atoms with E-state index >= 15 is 0 Å². The van der Waals surface area contributed by atoms with Crippen LogP contribution in [0.1, 0.15) is 28.4 Å². The van der Waals surface area contributed by atoms with Crippen molar-refractivity contribution in [3.05, 3.63) is 64.7 Å². The molecular weight excluding hydrogens is 295 g/mol. The number of halogens is 3. The normalized spacial score (nSPS) is 13.1. The van der Waals surface area contributed by atoms with Crippen LogP contribution in [0.25, 0.3) is 0 Å². The van der Waals surface area contributed by atoms with Gasteiger partial charge in [-0.2, -0.15) is 13.2 Å². The number of alkyl halides is 3. The fourth-order valence-corrected chi connectivity index (χ4v) is 2.27. The van der Waals surface area contributed by atoms with Crippen LogP contribution >= 0.6 is 0 Å². The first kappa shape index (κ1) is 16.3. The Balaban J connectivity index is 2.56. The summed E-state index contributed by atoms with van der Waals surface area (Å²) in [4.78, 5) is 0. The number of hydrogen-bond acceptors (Lipinski definition) is 3. The summed E-state index contributed by atoms with van der Waals surface area (Å²) in [7, 11) is 0. The first-order valence-electron chi connectivity index (χ1n) is 6.68. The van der Waals surface area contributed by atoms with Crippen molar-refractivity contribution >= 4 is 5.69 Å². The van der Waals surface area contributed by atoms with Gasteiger partial charge in [0.1, 0.15) is 6.10 Å². The van der Waals surface area contributed by atoms with Crippen molar-refractivity contribution in [3.8, 4) is 0 Å². The molecule has 0 aliphatic heterocycles. The Morgan fingerprint density at radius 1 is 1.09 bits per heavy atom. The zero-order valence-electron chi connectivity index (χ0n) is 11.6. The highest BCUT2D eigenvalue weighted by atomic mass is 19.4. The van der Waals surface area contributed by atoms with Gasteiger partial charge in [-0.15, -0.1) is 0 Å². The lowest BCUT2D eigenvalue weighted by molar-refractivity contribution is -0.137. The van der Waals surface area contributed by atoms with Crippen molar-refractivity contribution in [2.24, 2.45) is 0 Å². The fraction of sp³-hybridized carbons (Fsp3) is 0.250. The molecule has 0 fully saturated rings. The monoisotopic (exact) mass is 311 g/mol. The van der Waals surface area contributed by atoms with Gasteiger partial charge < -0.3 is 15.9 Å². The van der Waals surface area contributed by atoms with E-state index in [1.807, 2.05) is 0 Å². The van der Waals surface area contributed by atoms with Crippen LogP contribution in [0.4, 0.5) is 18.9 Å². The van der Waals surface area contributed by atoms with Gasteiger partial charge in [-0.1, -0.05) is 30.3 Å². The molecule has 0 aromatic heterocycles. The lowest BCUT2D eigenvalue weighted by Crippen LogP contribution is -2.13. The third-order valence-electron chi connectivity index (χ3n) is 3.42. The Bertz CT molecular complexity index is 642. The van der Waals surface area contributed by atoms with Crippen molar-refractivity contribution < 1.29 is 23.4 Å². The molecule has 3 nitrogen and oxygen atoms in total. The molecule has 1 atom stereocenters. The molecule has 118 valence electrons. The Morgan fingerprint density at radius 2 is 1.73 bits per heavy atom. The standard InChI is InChI=1S/C16H16F3NO2/c17-16(18,19)12-8-11(6-7-21)14(20)13(9-12)15(22)10-4-2-1-3-5-10/h1-5,8-9,15,21-22H,6-7,20H2. The third-order valence-corrected chi connectivity index (χ3v) is 3.42. The molecule has 0 radical (unpaired) electrons. The Kier molecular flexibility index (Phi) is 4.73. The summed E-state index contributed by atoms with van der Waals surface area (Å²) in [6.07, 6.45) is -5.83. The molecule has 2 rings (SSSR count). The summed E-state index contributed by atoms with van der Waals surface area (Å²) in [5.74, 6) is 0. The second-order valence-corrected chi connectivity index (χ2v) is 4.92. The van der Waals surface area contributed by atoms with Crippen LogP contribution in [-0.2, 0) is 12.6 Å². The van der Waals surface area contributed by atoms with E-state index in [0.29, 0.717) is 5.56 Å². The second-order valence-electron chi connectivity index (χ2n) is 4.92. The first-order chi connectivity index (χ1) is 10.3. The summed E-state index contributed by atoms with van der Waals surface area (Å²) in [5, 5.41) is 19.3. The van der Waals surface area contributed by atoms with Crippen LogP contribution < -0.4 is 5.73 Å². The van der Waals surface area contributed by atoms with Crippen LogP contribution in [0.5, 0.6) is 0 Å². The van der Waals surface area contributed by atoms with Gasteiger partial charge in [0.25, 0.3) is 0 Å². The van der Waals surface area contributed by atoms with Crippen molar-refractivity contribution in [2.45, 2.75) is 18.7 Å². The molecule has 6 heteroatoms. The quantitative estimate of drug-likeness (QED) is 0.761. The smallest absolute Gasteiger partial charge is 0.398 e. The molecule has 0 aliphatic carbocycles. The van der Waals surface area contributed by atoms with Gasteiger partial charge in [0.05, 0.1) is 5.56 Å². The molecule has 0 saturated carbocycles. The largest absolute Gasteiger partial charge is 0.416 e. The molecule has 2 aromatic rings. The van der Waals surface area contributed by atoms with Crippen LogP contribution in [0, 0.1) is 0 Å². The predicted molar refractivity (Wildman–Crippen MR) is 77.2 cm³/mol. The summed E-state index contributed by atoms with van der Waals surface area (Å²) >= 11 is 0. The number of aliphatic hydroxyl groups excluding tert-OH is 2. The van der Waals surface area contributed by atoms with Crippen LogP contribution in [-0.4, -0.2) is 16.8 Å². The van der Waals surface area contributed by atoms with Crippen LogP contribution in [0.3, 0.4) is 0 Å². The molecule has 1 unspecified atom stereocenters. The summed E-state index contributed by atoms with van der Waals surface area (Å²) < 4.78 is 39.0. The van der Waals surface area contributed by atoms with Gasteiger partial charge in [0, 0.05) is 17.9 Å². The Hall–Kier alpha value is -2.05. The topological polar surface area (TPSA) is 66.5 Å². The average Bonchev–Trinajstić information content (AvgIpc) is 2.48. The van der Waals surface area contributed by atoms with E-state index in [4.69, 9.17) is 10.8 Å². The second kappa shape index (κ2) is 6.37. The molecule has 22 heavy (non-hydrogen) atoms. The predicted octanol–water partition coefficient (Wildman–Crippen LogP) is 2.90.